The molecule has 27 heavy (non-hydrogen) atoms. The molecule has 0 saturated carbocycles. The lowest BCUT2D eigenvalue weighted by Crippen LogP contribution is -2.36. The molecule has 0 unspecified atom stereocenters. The second-order valence-electron chi connectivity index (χ2n) is 7.31. The van der Waals surface area contributed by atoms with Crippen molar-refractivity contribution in [2.75, 3.05) is 31.2 Å². The number of likely N-dealkylation sites (N-methyl/N-ethyl adjacent to an activating group) is 1. The number of benzene rings is 2. The van der Waals surface area contributed by atoms with Gasteiger partial charge in [0.1, 0.15) is 18.0 Å². The van der Waals surface area contributed by atoms with E-state index < -0.39 is 5.60 Å². The summed E-state index contributed by atoms with van der Waals surface area (Å²) in [5, 5.41) is 3.32. The highest BCUT2D eigenvalue weighted by Crippen LogP contribution is 2.29. The molecule has 0 bridgehead atoms. The van der Waals surface area contributed by atoms with Crippen LogP contribution < -0.4 is 15.8 Å². The maximum absolute atomic E-state index is 12.0. The molecule has 2 rings (SSSR count). The Morgan fingerprint density at radius 3 is 2.48 bits per heavy atom. The molecule has 0 aliphatic carbocycles. The zero-order valence-electron chi connectivity index (χ0n) is 16.5. The average molecular weight is 371 g/mol. The minimum absolute atomic E-state index is 0.322. The highest BCUT2D eigenvalue weighted by atomic mass is 16.6. The SMILES string of the molecule is CN(CCOc1cccc(NCc2ccccc2)c1N)C(=O)OC(C)(C)C. The maximum atomic E-state index is 12.0. The number of rotatable bonds is 7. The van der Waals surface area contributed by atoms with Crippen LogP contribution in [0.15, 0.2) is 48.5 Å². The number of hydrogen-bond acceptors (Lipinski definition) is 5. The molecule has 2 aromatic rings. The van der Waals surface area contributed by atoms with Crippen molar-refractivity contribution in [2.45, 2.75) is 32.9 Å². The summed E-state index contributed by atoms with van der Waals surface area (Å²) < 4.78 is 11.1. The van der Waals surface area contributed by atoms with Crippen molar-refractivity contribution in [3.05, 3.63) is 54.1 Å². The van der Waals surface area contributed by atoms with E-state index in [0.717, 1.165) is 5.69 Å². The molecule has 0 radical (unpaired) electrons. The second-order valence-corrected chi connectivity index (χ2v) is 7.31. The van der Waals surface area contributed by atoms with Gasteiger partial charge in [-0.25, -0.2) is 4.79 Å². The molecule has 0 saturated heterocycles. The monoisotopic (exact) mass is 371 g/mol. The number of nitrogens with zero attached hydrogens (tertiary/aromatic N) is 1. The Kier molecular flexibility index (Phi) is 6.93. The first-order valence-corrected chi connectivity index (χ1v) is 8.99. The fraction of sp³-hybridized carbons (Fsp3) is 0.381. The number of hydrogen-bond donors (Lipinski definition) is 2. The largest absolute Gasteiger partial charge is 0.489 e. The van der Waals surface area contributed by atoms with E-state index in [1.165, 1.54) is 10.5 Å². The zero-order chi connectivity index (χ0) is 19.9. The van der Waals surface area contributed by atoms with Crippen molar-refractivity contribution in [1.29, 1.82) is 0 Å². The van der Waals surface area contributed by atoms with E-state index in [-0.39, 0.29) is 6.09 Å². The van der Waals surface area contributed by atoms with Crippen LogP contribution in [0.3, 0.4) is 0 Å². The van der Waals surface area contributed by atoms with Gasteiger partial charge < -0.3 is 25.4 Å². The number of carbonyl (C=O) groups is 1. The predicted octanol–water partition coefficient (Wildman–Crippen LogP) is 4.13. The van der Waals surface area contributed by atoms with Crippen LogP contribution in [0.5, 0.6) is 5.75 Å². The average Bonchev–Trinajstić information content (AvgIpc) is 2.61. The van der Waals surface area contributed by atoms with Crippen LogP contribution >= 0.6 is 0 Å². The van der Waals surface area contributed by atoms with E-state index >= 15 is 0 Å². The molecule has 1 amide bonds. The molecule has 2 aromatic carbocycles. The van der Waals surface area contributed by atoms with Gasteiger partial charge in [0.05, 0.1) is 17.9 Å². The Morgan fingerprint density at radius 2 is 1.81 bits per heavy atom. The predicted molar refractivity (Wildman–Crippen MR) is 109 cm³/mol. The summed E-state index contributed by atoms with van der Waals surface area (Å²) in [6, 6.07) is 15.7. The van der Waals surface area contributed by atoms with Crippen LogP contribution in [0, 0.1) is 0 Å². The Balaban J connectivity index is 1.87. The summed E-state index contributed by atoms with van der Waals surface area (Å²) in [5.74, 6) is 0.589. The molecule has 6 nitrogen and oxygen atoms in total. The van der Waals surface area contributed by atoms with E-state index in [9.17, 15) is 4.79 Å². The Labute approximate surface area is 161 Å². The van der Waals surface area contributed by atoms with Crippen molar-refractivity contribution in [3.63, 3.8) is 0 Å². The number of nitrogens with two attached hydrogens (primary N) is 1. The summed E-state index contributed by atoms with van der Waals surface area (Å²) in [4.78, 5) is 13.4. The number of nitrogen functional groups attached to an aromatic ring is 1. The topological polar surface area (TPSA) is 76.8 Å². The van der Waals surface area contributed by atoms with Crippen LogP contribution in [0.2, 0.25) is 0 Å². The quantitative estimate of drug-likeness (QED) is 0.716. The fourth-order valence-electron chi connectivity index (χ4n) is 2.34. The number of amides is 1. The normalized spacial score (nSPS) is 11.0. The molecular weight excluding hydrogens is 342 g/mol. The first-order valence-electron chi connectivity index (χ1n) is 8.99. The first-order chi connectivity index (χ1) is 12.8. The third-order valence-electron chi connectivity index (χ3n) is 3.78. The van der Waals surface area contributed by atoms with Gasteiger partial charge in [0.15, 0.2) is 0 Å². The smallest absolute Gasteiger partial charge is 0.410 e. The Bertz CT molecular complexity index is 742. The third-order valence-corrected chi connectivity index (χ3v) is 3.78. The van der Waals surface area contributed by atoms with Crippen molar-refractivity contribution in [3.8, 4) is 5.75 Å². The number of para-hydroxylation sites is 1. The fourth-order valence-corrected chi connectivity index (χ4v) is 2.34. The zero-order valence-corrected chi connectivity index (χ0v) is 16.5. The number of ether oxygens (including phenoxy) is 2. The molecule has 0 atom stereocenters. The molecule has 0 aliphatic heterocycles. The number of nitrogens with one attached hydrogen (secondary N) is 1. The molecule has 0 heterocycles. The summed E-state index contributed by atoms with van der Waals surface area (Å²) in [6.45, 7) is 6.91. The van der Waals surface area contributed by atoms with Crippen molar-refractivity contribution < 1.29 is 14.3 Å². The van der Waals surface area contributed by atoms with E-state index in [1.807, 2.05) is 57.2 Å². The molecule has 0 aromatic heterocycles. The van der Waals surface area contributed by atoms with Gasteiger partial charge in [-0.2, -0.15) is 0 Å². The standard InChI is InChI=1S/C21H29N3O3/c1-21(2,3)27-20(25)24(4)13-14-26-18-12-8-11-17(19(18)22)23-15-16-9-6-5-7-10-16/h5-12,23H,13-15,22H2,1-4H3. The van der Waals surface area contributed by atoms with Crippen molar-refractivity contribution >= 4 is 17.5 Å². The van der Waals surface area contributed by atoms with Gasteiger partial charge in [-0.1, -0.05) is 36.4 Å². The first kappa shape index (κ1) is 20.4. The summed E-state index contributed by atoms with van der Waals surface area (Å²) >= 11 is 0. The minimum Gasteiger partial charge on any atom is -0.489 e. The van der Waals surface area contributed by atoms with Gasteiger partial charge in [-0.15, -0.1) is 0 Å². The van der Waals surface area contributed by atoms with Gasteiger partial charge in [0.25, 0.3) is 0 Å². The van der Waals surface area contributed by atoms with Crippen LogP contribution in [0.1, 0.15) is 26.3 Å². The second kappa shape index (κ2) is 9.16. The molecular formula is C21H29N3O3. The molecule has 6 heteroatoms. The lowest BCUT2D eigenvalue weighted by molar-refractivity contribution is 0.0278. The van der Waals surface area contributed by atoms with Crippen molar-refractivity contribution in [2.24, 2.45) is 0 Å². The summed E-state index contributed by atoms with van der Waals surface area (Å²) in [7, 11) is 1.68. The van der Waals surface area contributed by atoms with Gasteiger partial charge in [-0.05, 0) is 38.5 Å². The van der Waals surface area contributed by atoms with Gasteiger partial charge in [-0.3, -0.25) is 0 Å². The number of carbonyl (C=O) groups excluding carboxylic acids is 1. The van der Waals surface area contributed by atoms with Crippen LogP contribution in [-0.2, 0) is 11.3 Å². The van der Waals surface area contributed by atoms with E-state index in [2.05, 4.69) is 17.4 Å². The van der Waals surface area contributed by atoms with Gasteiger partial charge >= 0.3 is 6.09 Å². The van der Waals surface area contributed by atoms with E-state index in [4.69, 9.17) is 15.2 Å². The summed E-state index contributed by atoms with van der Waals surface area (Å²) in [5.41, 5.74) is 8.23. The summed E-state index contributed by atoms with van der Waals surface area (Å²) in [6.07, 6.45) is -0.377. The lowest BCUT2D eigenvalue weighted by Gasteiger charge is -2.24. The Hall–Kier alpha value is -2.89. The molecule has 0 spiro atoms. The van der Waals surface area contributed by atoms with Crippen molar-refractivity contribution in [1.82, 2.24) is 4.90 Å². The van der Waals surface area contributed by atoms with Gasteiger partial charge in [0, 0.05) is 13.6 Å². The lowest BCUT2D eigenvalue weighted by atomic mass is 10.2. The minimum atomic E-state index is -0.518. The van der Waals surface area contributed by atoms with Crippen LogP contribution in [-0.4, -0.2) is 36.8 Å². The van der Waals surface area contributed by atoms with E-state index in [1.54, 1.807) is 7.05 Å². The molecule has 3 N–H and O–H groups in total. The number of anilines is 2. The van der Waals surface area contributed by atoms with Crippen LogP contribution in [0.25, 0.3) is 0 Å². The maximum Gasteiger partial charge on any atom is 0.410 e. The molecule has 0 aliphatic rings. The van der Waals surface area contributed by atoms with Gasteiger partial charge in [0.2, 0.25) is 0 Å². The highest BCUT2D eigenvalue weighted by molar-refractivity contribution is 5.73. The molecule has 146 valence electrons. The molecule has 0 fully saturated rings. The highest BCUT2D eigenvalue weighted by Gasteiger charge is 2.19. The van der Waals surface area contributed by atoms with E-state index in [0.29, 0.717) is 31.1 Å². The Morgan fingerprint density at radius 1 is 1.11 bits per heavy atom. The third kappa shape index (κ3) is 6.73. The van der Waals surface area contributed by atoms with Crippen LogP contribution in [0.4, 0.5) is 16.2 Å².